The van der Waals surface area contributed by atoms with Crippen molar-refractivity contribution >= 4 is 17.4 Å². The summed E-state index contributed by atoms with van der Waals surface area (Å²) < 4.78 is 24.8. The predicted molar refractivity (Wildman–Crippen MR) is 110 cm³/mol. The molecule has 1 heterocycles. The maximum Gasteiger partial charge on any atom is 0.229 e. The number of benzene rings is 2. The van der Waals surface area contributed by atoms with E-state index in [2.05, 4.69) is 0 Å². The maximum atomic E-state index is 14.0. The van der Waals surface area contributed by atoms with E-state index in [9.17, 15) is 29.6 Å². The molecule has 168 valence electrons. The van der Waals surface area contributed by atoms with Crippen LogP contribution in [-0.4, -0.2) is 63.6 Å². The number of ketones is 1. The second kappa shape index (κ2) is 9.93. The van der Waals surface area contributed by atoms with Crippen molar-refractivity contribution in [2.24, 2.45) is 0 Å². The number of carbonyl (C=O) groups is 1. The normalized spacial score (nSPS) is 25.9. The third kappa shape index (κ3) is 5.34. The molecule has 0 bridgehead atoms. The average molecular weight is 455 g/mol. The number of aliphatic hydroxyl groups is 3. The summed E-state index contributed by atoms with van der Waals surface area (Å²) in [6, 6.07) is 9.86. The van der Waals surface area contributed by atoms with E-state index in [0.717, 1.165) is 5.56 Å². The van der Waals surface area contributed by atoms with Gasteiger partial charge in [-0.3, -0.25) is 4.79 Å². The summed E-state index contributed by atoms with van der Waals surface area (Å²) in [6.45, 7) is 0.923. The number of phenolic OH excluding ortho intramolecular Hbond substituents is 1. The van der Waals surface area contributed by atoms with Gasteiger partial charge in [0.05, 0.1) is 6.61 Å². The number of carbonyl (C=O) groups excluding carboxylic acids is 1. The lowest BCUT2D eigenvalue weighted by molar-refractivity contribution is -0.265. The predicted octanol–water partition coefficient (Wildman–Crippen LogP) is 2.33. The first-order valence-corrected chi connectivity index (χ1v) is 10.1. The Bertz CT molecular complexity index is 919. The monoisotopic (exact) mass is 454 g/mol. The van der Waals surface area contributed by atoms with E-state index in [1.54, 1.807) is 31.2 Å². The average Bonchev–Trinajstić information content (AvgIpc) is 2.73. The van der Waals surface area contributed by atoms with Crippen LogP contribution in [0, 0.1) is 6.92 Å². The first-order valence-electron chi connectivity index (χ1n) is 9.75. The Labute approximate surface area is 183 Å². The molecule has 2 aromatic rings. The Morgan fingerprint density at radius 2 is 1.87 bits per heavy atom. The fraction of sp³-hybridized carbons (Fsp3) is 0.409. The number of ether oxygens (including phenoxy) is 2. The van der Waals surface area contributed by atoms with Crippen molar-refractivity contribution in [1.82, 2.24) is 0 Å². The Kier molecular flexibility index (Phi) is 7.51. The Morgan fingerprint density at radius 1 is 1.19 bits per heavy atom. The van der Waals surface area contributed by atoms with Gasteiger partial charge < -0.3 is 29.9 Å². The lowest BCUT2D eigenvalue weighted by atomic mass is 9.99. The third-order valence-corrected chi connectivity index (χ3v) is 5.35. The van der Waals surface area contributed by atoms with Crippen LogP contribution in [0.4, 0.5) is 4.39 Å². The number of aromatic hydroxyl groups is 1. The molecule has 1 saturated heterocycles. The van der Waals surface area contributed by atoms with Gasteiger partial charge in [-0.2, -0.15) is 0 Å². The Balaban J connectivity index is 1.82. The van der Waals surface area contributed by atoms with Gasteiger partial charge in [-0.25, -0.2) is 4.39 Å². The van der Waals surface area contributed by atoms with E-state index >= 15 is 0 Å². The molecule has 0 spiro atoms. The van der Waals surface area contributed by atoms with Gasteiger partial charge in [0, 0.05) is 11.4 Å². The van der Waals surface area contributed by atoms with E-state index < -0.39 is 43.2 Å². The number of hydrogen-bond acceptors (Lipinski definition) is 7. The van der Waals surface area contributed by atoms with Crippen LogP contribution in [0.25, 0.3) is 0 Å². The van der Waals surface area contributed by atoms with E-state index in [1.807, 2.05) is 0 Å². The topological polar surface area (TPSA) is 116 Å². The second-order valence-electron chi connectivity index (χ2n) is 7.48. The first kappa shape index (κ1) is 23.4. The van der Waals surface area contributed by atoms with E-state index in [1.165, 1.54) is 12.1 Å². The van der Waals surface area contributed by atoms with E-state index in [0.29, 0.717) is 17.0 Å². The molecule has 0 amide bonds. The molecule has 31 heavy (non-hydrogen) atoms. The number of halogens is 2. The summed E-state index contributed by atoms with van der Waals surface area (Å²) in [5, 5.41) is 40.3. The number of hydrogen-bond donors (Lipinski definition) is 4. The van der Waals surface area contributed by atoms with E-state index in [-0.39, 0.29) is 23.5 Å². The number of aryl methyl sites for hydroxylation is 2. The van der Waals surface area contributed by atoms with Crippen molar-refractivity contribution < 1.29 is 39.1 Å². The number of Topliss-reactive ketones (excluding diaryl/α,β-unsaturated/α-hetero) is 1. The van der Waals surface area contributed by atoms with Crippen molar-refractivity contribution in [3.63, 3.8) is 0 Å². The zero-order valence-corrected chi connectivity index (χ0v) is 17.5. The zero-order chi connectivity index (χ0) is 22.7. The quantitative estimate of drug-likeness (QED) is 0.474. The molecule has 5 atom stereocenters. The van der Waals surface area contributed by atoms with Gasteiger partial charge in [0.1, 0.15) is 35.4 Å². The van der Waals surface area contributed by atoms with Crippen molar-refractivity contribution in [3.8, 4) is 11.5 Å². The van der Waals surface area contributed by atoms with Crippen LogP contribution in [0.2, 0.25) is 5.02 Å². The van der Waals surface area contributed by atoms with Gasteiger partial charge in [-0.05, 0) is 48.7 Å². The van der Waals surface area contributed by atoms with Gasteiger partial charge in [-0.15, -0.1) is 0 Å². The number of aliphatic hydroxyl groups excluding tert-OH is 3. The lowest BCUT2D eigenvalue weighted by Crippen LogP contribution is -2.58. The molecule has 1 aliphatic heterocycles. The summed E-state index contributed by atoms with van der Waals surface area (Å²) >= 11 is 5.87. The minimum Gasteiger partial charge on any atom is -0.507 e. The molecule has 7 nitrogen and oxygen atoms in total. The largest absolute Gasteiger partial charge is 0.507 e. The van der Waals surface area contributed by atoms with Crippen molar-refractivity contribution in [1.29, 1.82) is 0 Å². The molecule has 0 radical (unpaired) electrons. The molecular formula is C22H24ClFO7. The standard InChI is InChI=1S/C22H24ClFO7/c1-11-8-15(27)18(14(26)7-4-12-2-5-13(23)6-3-12)16(9-11)30-22-21(29)20(28)19(24)17(10-25)31-22/h2-3,5-6,8-9,17,19-22,25,27-29H,4,7,10H2,1H3. The van der Waals surface area contributed by atoms with Gasteiger partial charge in [0.15, 0.2) is 12.0 Å². The van der Waals surface area contributed by atoms with Crippen LogP contribution < -0.4 is 4.74 Å². The van der Waals surface area contributed by atoms with Crippen LogP contribution in [0.5, 0.6) is 11.5 Å². The molecule has 0 aliphatic carbocycles. The molecular weight excluding hydrogens is 431 g/mol. The van der Waals surface area contributed by atoms with Crippen molar-refractivity contribution in [3.05, 3.63) is 58.1 Å². The molecule has 3 rings (SSSR count). The Morgan fingerprint density at radius 3 is 2.52 bits per heavy atom. The number of alkyl halides is 1. The van der Waals surface area contributed by atoms with Crippen LogP contribution >= 0.6 is 11.6 Å². The molecule has 0 saturated carbocycles. The van der Waals surface area contributed by atoms with Crippen molar-refractivity contribution in [2.45, 2.75) is 50.5 Å². The van der Waals surface area contributed by atoms with Crippen LogP contribution in [0.1, 0.15) is 27.9 Å². The number of rotatable bonds is 7. The molecule has 1 fully saturated rings. The fourth-order valence-electron chi connectivity index (χ4n) is 3.41. The minimum atomic E-state index is -2.01. The van der Waals surface area contributed by atoms with Gasteiger partial charge in [0.2, 0.25) is 6.29 Å². The minimum absolute atomic E-state index is 0.0527. The molecule has 5 unspecified atom stereocenters. The highest BCUT2D eigenvalue weighted by Crippen LogP contribution is 2.34. The fourth-order valence-corrected chi connectivity index (χ4v) is 3.53. The Hall–Kier alpha value is -2.23. The molecule has 4 N–H and O–H groups in total. The first-order chi connectivity index (χ1) is 14.7. The molecule has 1 aliphatic rings. The summed E-state index contributed by atoms with van der Waals surface area (Å²) in [5.41, 5.74) is 1.32. The molecule has 0 aromatic heterocycles. The zero-order valence-electron chi connectivity index (χ0n) is 16.7. The summed E-state index contributed by atoms with van der Waals surface area (Å²) in [6.07, 6.45) is -8.15. The molecule has 9 heteroatoms. The maximum absolute atomic E-state index is 14.0. The highest BCUT2D eigenvalue weighted by Gasteiger charge is 2.46. The van der Waals surface area contributed by atoms with Crippen LogP contribution in [0.3, 0.4) is 0 Å². The van der Waals surface area contributed by atoms with Crippen LogP contribution in [0.15, 0.2) is 36.4 Å². The summed E-state index contributed by atoms with van der Waals surface area (Å²) in [5.74, 6) is -0.816. The van der Waals surface area contributed by atoms with Gasteiger partial charge >= 0.3 is 0 Å². The summed E-state index contributed by atoms with van der Waals surface area (Å²) in [7, 11) is 0. The highest BCUT2D eigenvalue weighted by molar-refractivity contribution is 6.30. The van der Waals surface area contributed by atoms with E-state index in [4.69, 9.17) is 21.1 Å². The smallest absolute Gasteiger partial charge is 0.229 e. The third-order valence-electron chi connectivity index (χ3n) is 5.10. The summed E-state index contributed by atoms with van der Waals surface area (Å²) in [4.78, 5) is 12.9. The van der Waals surface area contributed by atoms with Gasteiger partial charge in [0.25, 0.3) is 0 Å². The lowest BCUT2D eigenvalue weighted by Gasteiger charge is -2.38. The molecule has 2 aromatic carbocycles. The SMILES string of the molecule is Cc1cc(O)c(C(=O)CCc2ccc(Cl)cc2)c(OC2OC(CO)C(F)C(O)C2O)c1. The number of phenols is 1. The van der Waals surface area contributed by atoms with Crippen LogP contribution in [-0.2, 0) is 11.2 Å². The second-order valence-corrected chi connectivity index (χ2v) is 7.91. The van der Waals surface area contributed by atoms with Gasteiger partial charge in [-0.1, -0.05) is 23.7 Å². The highest BCUT2D eigenvalue weighted by atomic mass is 35.5. The van der Waals surface area contributed by atoms with Crippen molar-refractivity contribution in [2.75, 3.05) is 6.61 Å².